The number of ether oxygens (including phenoxy) is 1. The number of fused-ring (bicyclic) bond motifs is 4. The highest BCUT2D eigenvalue weighted by Crippen LogP contribution is 2.42. The van der Waals surface area contributed by atoms with Gasteiger partial charge in [-0.15, -0.1) is 0 Å². The molecular weight excluding hydrogens is 529 g/mol. The number of hydrogen-bond acceptors (Lipinski definition) is 7. The zero-order valence-electron chi connectivity index (χ0n) is 23.0. The standard InChI is InChI=1S/C31H35ClFN5O2/c1-3-37(2)10-6-12-40-31-35-29-25(30(36-31)38-11-9-19-13-21(18-38)34-17-19)16-26(32)27(28(29)33)24-15-22(39)14-20-7-4-5-8-23(20)24/h4-5,7-8,14-16,19,21,34,39H,3,6,9-13,17-18H2,1-2H3. The van der Waals surface area contributed by atoms with E-state index in [2.05, 4.69) is 34.1 Å². The van der Waals surface area contributed by atoms with Crippen molar-refractivity contribution in [3.8, 4) is 22.9 Å². The molecule has 2 atom stereocenters. The Labute approximate surface area is 238 Å². The number of nitrogens with one attached hydrogen (secondary N) is 1. The molecule has 2 saturated heterocycles. The third-order valence-electron chi connectivity index (χ3n) is 8.27. The summed E-state index contributed by atoms with van der Waals surface area (Å²) in [5, 5.41) is 16.5. The number of anilines is 1. The molecule has 2 N–H and O–H groups in total. The molecule has 0 saturated carbocycles. The third kappa shape index (κ3) is 5.28. The van der Waals surface area contributed by atoms with Crippen LogP contribution in [0.3, 0.4) is 0 Å². The smallest absolute Gasteiger partial charge is 0.319 e. The van der Waals surface area contributed by atoms with Gasteiger partial charge < -0.3 is 25.0 Å². The molecule has 2 aliphatic heterocycles. The summed E-state index contributed by atoms with van der Waals surface area (Å²) in [6.07, 6.45) is 2.98. The van der Waals surface area contributed by atoms with Gasteiger partial charge in [0.1, 0.15) is 17.1 Å². The average molecular weight is 564 g/mol. The fourth-order valence-corrected chi connectivity index (χ4v) is 6.31. The molecule has 3 heterocycles. The minimum Gasteiger partial charge on any atom is -0.508 e. The van der Waals surface area contributed by atoms with Crippen LogP contribution in [-0.4, -0.2) is 72.4 Å². The second-order valence-corrected chi connectivity index (χ2v) is 11.4. The lowest BCUT2D eigenvalue weighted by atomic mass is 9.96. The molecule has 40 heavy (non-hydrogen) atoms. The second kappa shape index (κ2) is 11.4. The van der Waals surface area contributed by atoms with Crippen molar-refractivity contribution in [1.29, 1.82) is 0 Å². The first kappa shape index (κ1) is 27.0. The maximum Gasteiger partial charge on any atom is 0.319 e. The highest BCUT2D eigenvalue weighted by molar-refractivity contribution is 6.35. The Kier molecular flexibility index (Phi) is 7.66. The fraction of sp³-hybridized carbons (Fsp3) is 0.419. The zero-order chi connectivity index (χ0) is 27.8. The van der Waals surface area contributed by atoms with Crippen LogP contribution in [0.25, 0.3) is 32.8 Å². The molecule has 9 heteroatoms. The van der Waals surface area contributed by atoms with Crippen molar-refractivity contribution in [1.82, 2.24) is 20.2 Å². The van der Waals surface area contributed by atoms with E-state index in [-0.39, 0.29) is 27.9 Å². The van der Waals surface area contributed by atoms with Crippen molar-refractivity contribution in [3.63, 3.8) is 0 Å². The van der Waals surface area contributed by atoms with Gasteiger partial charge in [-0.1, -0.05) is 42.8 Å². The molecule has 4 aromatic rings. The van der Waals surface area contributed by atoms with Gasteiger partial charge in [0.2, 0.25) is 0 Å². The lowest BCUT2D eigenvalue weighted by molar-refractivity contribution is 0.254. The van der Waals surface area contributed by atoms with Crippen molar-refractivity contribution in [2.75, 3.05) is 51.3 Å². The third-order valence-corrected chi connectivity index (χ3v) is 8.57. The fourth-order valence-electron chi connectivity index (χ4n) is 6.02. The summed E-state index contributed by atoms with van der Waals surface area (Å²) >= 11 is 6.84. The van der Waals surface area contributed by atoms with Crippen LogP contribution in [-0.2, 0) is 0 Å². The van der Waals surface area contributed by atoms with Crippen molar-refractivity contribution in [2.24, 2.45) is 5.92 Å². The van der Waals surface area contributed by atoms with E-state index < -0.39 is 5.82 Å². The van der Waals surface area contributed by atoms with Gasteiger partial charge >= 0.3 is 6.01 Å². The number of benzene rings is 3. The molecule has 2 bridgehead atoms. The van der Waals surface area contributed by atoms with Crippen molar-refractivity contribution < 1.29 is 14.2 Å². The highest BCUT2D eigenvalue weighted by Gasteiger charge is 2.32. The molecule has 210 valence electrons. The summed E-state index contributed by atoms with van der Waals surface area (Å²) in [5.41, 5.74) is 0.888. The number of halogens is 2. The molecule has 6 rings (SSSR count). The van der Waals surface area contributed by atoms with Crippen LogP contribution < -0.4 is 15.0 Å². The second-order valence-electron chi connectivity index (χ2n) is 11.0. The van der Waals surface area contributed by atoms with E-state index >= 15 is 4.39 Å². The number of aromatic nitrogens is 2. The van der Waals surface area contributed by atoms with Gasteiger partial charge in [0.15, 0.2) is 5.82 Å². The molecular formula is C31H35ClFN5O2. The summed E-state index contributed by atoms with van der Waals surface area (Å²) in [6, 6.07) is 13.1. The Bertz CT molecular complexity index is 1550. The van der Waals surface area contributed by atoms with E-state index in [4.69, 9.17) is 21.3 Å². The Hall–Kier alpha value is -3.20. The van der Waals surface area contributed by atoms with Gasteiger partial charge in [-0.2, -0.15) is 9.97 Å². The Morgan fingerprint density at radius 2 is 2.05 bits per heavy atom. The quantitative estimate of drug-likeness (QED) is 0.260. The predicted molar refractivity (Wildman–Crippen MR) is 159 cm³/mol. The van der Waals surface area contributed by atoms with E-state index in [0.29, 0.717) is 35.3 Å². The SMILES string of the molecule is CCN(C)CCCOc1nc(N2CCC3CNC(C3)C2)c2cc(Cl)c(-c3cc(O)cc4ccccc34)c(F)c2n1. The molecule has 2 unspecified atom stereocenters. The van der Waals surface area contributed by atoms with E-state index in [9.17, 15) is 5.11 Å². The molecule has 0 amide bonds. The molecule has 2 fully saturated rings. The first-order chi connectivity index (χ1) is 19.4. The van der Waals surface area contributed by atoms with Crippen LogP contribution in [0, 0.1) is 11.7 Å². The van der Waals surface area contributed by atoms with Crippen LogP contribution in [0.2, 0.25) is 5.02 Å². The van der Waals surface area contributed by atoms with E-state index in [0.717, 1.165) is 62.8 Å². The van der Waals surface area contributed by atoms with Crippen molar-refractivity contribution >= 4 is 39.1 Å². The van der Waals surface area contributed by atoms with E-state index in [1.165, 1.54) is 0 Å². The van der Waals surface area contributed by atoms with Crippen LogP contribution in [0.1, 0.15) is 26.2 Å². The minimum absolute atomic E-state index is 0.0424. The lowest BCUT2D eigenvalue weighted by Gasteiger charge is -2.28. The zero-order valence-corrected chi connectivity index (χ0v) is 23.7. The van der Waals surface area contributed by atoms with Gasteiger partial charge in [-0.25, -0.2) is 4.39 Å². The largest absolute Gasteiger partial charge is 0.508 e. The maximum atomic E-state index is 16.6. The highest BCUT2D eigenvalue weighted by atomic mass is 35.5. The molecule has 0 radical (unpaired) electrons. The predicted octanol–water partition coefficient (Wildman–Crippen LogP) is 5.86. The number of aromatic hydroxyl groups is 1. The summed E-state index contributed by atoms with van der Waals surface area (Å²) in [5.74, 6) is 0.779. The molecule has 1 aromatic heterocycles. The van der Waals surface area contributed by atoms with Crippen molar-refractivity contribution in [2.45, 2.75) is 32.2 Å². The Morgan fingerprint density at radius 3 is 2.90 bits per heavy atom. The van der Waals surface area contributed by atoms with Gasteiger partial charge in [0, 0.05) is 36.6 Å². The Morgan fingerprint density at radius 1 is 1.20 bits per heavy atom. The van der Waals surface area contributed by atoms with Crippen LogP contribution in [0.5, 0.6) is 11.8 Å². The summed E-state index contributed by atoms with van der Waals surface area (Å²) in [4.78, 5) is 13.8. The van der Waals surface area contributed by atoms with Gasteiger partial charge in [0.25, 0.3) is 0 Å². The Balaban J connectivity index is 1.47. The van der Waals surface area contributed by atoms with Crippen LogP contribution in [0.15, 0.2) is 42.5 Å². The summed E-state index contributed by atoms with van der Waals surface area (Å²) < 4.78 is 22.6. The maximum absolute atomic E-state index is 16.6. The van der Waals surface area contributed by atoms with E-state index in [1.54, 1.807) is 18.2 Å². The molecule has 7 nitrogen and oxygen atoms in total. The van der Waals surface area contributed by atoms with Crippen molar-refractivity contribution in [3.05, 3.63) is 53.3 Å². The van der Waals surface area contributed by atoms with Crippen LogP contribution >= 0.6 is 11.6 Å². The number of phenolic OH excluding ortho intramolecular Hbond substituents is 1. The monoisotopic (exact) mass is 563 g/mol. The number of phenols is 1. The van der Waals surface area contributed by atoms with Gasteiger partial charge in [-0.3, -0.25) is 0 Å². The van der Waals surface area contributed by atoms with Gasteiger partial charge in [0.05, 0.1) is 11.6 Å². The molecule has 3 aromatic carbocycles. The normalized spacial score (nSPS) is 19.1. The number of hydrogen-bond donors (Lipinski definition) is 2. The lowest BCUT2D eigenvalue weighted by Crippen LogP contribution is -2.39. The minimum atomic E-state index is -0.549. The summed E-state index contributed by atoms with van der Waals surface area (Å²) in [6.45, 7) is 7.04. The van der Waals surface area contributed by atoms with Gasteiger partial charge in [-0.05, 0) is 79.9 Å². The van der Waals surface area contributed by atoms with Crippen LogP contribution in [0.4, 0.5) is 10.2 Å². The summed E-state index contributed by atoms with van der Waals surface area (Å²) in [7, 11) is 2.07. The number of nitrogens with zero attached hydrogens (tertiary/aromatic N) is 4. The first-order valence-electron chi connectivity index (χ1n) is 14.1. The molecule has 0 aliphatic carbocycles. The van der Waals surface area contributed by atoms with E-state index in [1.807, 2.05) is 24.3 Å². The number of rotatable bonds is 8. The molecule has 2 aliphatic rings. The average Bonchev–Trinajstić information content (AvgIpc) is 3.29. The topological polar surface area (TPSA) is 73.8 Å². The first-order valence-corrected chi connectivity index (χ1v) is 14.5. The molecule has 0 spiro atoms.